The van der Waals surface area contributed by atoms with E-state index in [9.17, 15) is 4.79 Å². The minimum atomic E-state index is -0.190. The molecule has 0 saturated heterocycles. The molecule has 0 spiro atoms. The standard InChI is InChI=1S/C21H22N4OS2/c1-3-18(20(26)22-11-9-15-7-5-4-6-8-15)28-21-17-13-19-16(10-12-27-19)25(17)14(2)23-24-21/h4-8,10,12-13,18H,3,9,11H2,1-2H3,(H,22,26)/t18-/m0/s1. The van der Waals surface area contributed by atoms with Gasteiger partial charge in [-0.15, -0.1) is 21.5 Å². The van der Waals surface area contributed by atoms with Crippen LogP contribution in [-0.2, 0) is 11.2 Å². The Bertz CT molecular complexity index is 1100. The molecule has 1 aromatic carbocycles. The van der Waals surface area contributed by atoms with Gasteiger partial charge in [0.05, 0.1) is 21.0 Å². The average molecular weight is 411 g/mol. The van der Waals surface area contributed by atoms with Gasteiger partial charge in [-0.1, -0.05) is 49.0 Å². The first kappa shape index (κ1) is 19.0. The summed E-state index contributed by atoms with van der Waals surface area (Å²) in [5, 5.41) is 14.5. The van der Waals surface area contributed by atoms with Crippen molar-refractivity contribution in [1.29, 1.82) is 0 Å². The second-order valence-corrected chi connectivity index (χ2v) is 8.77. The van der Waals surface area contributed by atoms with Crippen LogP contribution in [0.3, 0.4) is 0 Å². The lowest BCUT2D eigenvalue weighted by atomic mass is 10.1. The molecule has 1 amide bonds. The van der Waals surface area contributed by atoms with Gasteiger partial charge in [0.2, 0.25) is 5.91 Å². The van der Waals surface area contributed by atoms with E-state index in [2.05, 4.69) is 49.6 Å². The van der Waals surface area contributed by atoms with Crippen LogP contribution < -0.4 is 5.32 Å². The van der Waals surface area contributed by atoms with E-state index in [1.54, 1.807) is 11.3 Å². The molecule has 28 heavy (non-hydrogen) atoms. The molecular formula is C21H22N4OS2. The van der Waals surface area contributed by atoms with Crippen molar-refractivity contribution in [3.63, 3.8) is 0 Å². The van der Waals surface area contributed by atoms with Crippen LogP contribution in [0.1, 0.15) is 24.7 Å². The molecule has 0 bridgehead atoms. The molecule has 3 heterocycles. The summed E-state index contributed by atoms with van der Waals surface area (Å²) < 4.78 is 3.33. The number of carbonyl (C=O) groups is 1. The highest BCUT2D eigenvalue weighted by atomic mass is 32.2. The first-order chi connectivity index (χ1) is 13.7. The summed E-state index contributed by atoms with van der Waals surface area (Å²) >= 11 is 3.20. The van der Waals surface area contributed by atoms with Crippen molar-refractivity contribution in [2.24, 2.45) is 0 Å². The maximum Gasteiger partial charge on any atom is 0.233 e. The lowest BCUT2D eigenvalue weighted by Crippen LogP contribution is -2.33. The summed E-state index contributed by atoms with van der Waals surface area (Å²) in [5.41, 5.74) is 3.40. The molecule has 144 valence electrons. The maximum absolute atomic E-state index is 12.7. The number of nitrogens with one attached hydrogen (secondary N) is 1. The first-order valence-corrected chi connectivity index (χ1v) is 11.1. The summed E-state index contributed by atoms with van der Waals surface area (Å²) in [4.78, 5) is 12.7. The van der Waals surface area contributed by atoms with Crippen LogP contribution in [0.2, 0.25) is 0 Å². The number of aryl methyl sites for hydroxylation is 1. The van der Waals surface area contributed by atoms with Crippen molar-refractivity contribution in [2.45, 2.75) is 37.0 Å². The molecule has 5 nitrogen and oxygen atoms in total. The predicted molar refractivity (Wildman–Crippen MR) is 116 cm³/mol. The van der Waals surface area contributed by atoms with Crippen molar-refractivity contribution in [2.75, 3.05) is 6.54 Å². The molecule has 0 aliphatic rings. The second kappa shape index (κ2) is 8.32. The normalized spacial score (nSPS) is 12.5. The Morgan fingerprint density at radius 1 is 1.21 bits per heavy atom. The van der Waals surface area contributed by atoms with Crippen molar-refractivity contribution in [1.82, 2.24) is 19.9 Å². The Kier molecular flexibility index (Phi) is 5.64. The van der Waals surface area contributed by atoms with E-state index < -0.39 is 0 Å². The number of nitrogens with zero attached hydrogens (tertiary/aromatic N) is 3. The quantitative estimate of drug-likeness (QED) is 0.456. The minimum absolute atomic E-state index is 0.0531. The Morgan fingerprint density at radius 2 is 2.04 bits per heavy atom. The third-order valence-corrected chi connectivity index (χ3v) is 6.92. The van der Waals surface area contributed by atoms with Crippen LogP contribution in [0.4, 0.5) is 0 Å². The first-order valence-electron chi connectivity index (χ1n) is 9.37. The van der Waals surface area contributed by atoms with Gasteiger partial charge in [0.15, 0.2) is 0 Å². The zero-order valence-electron chi connectivity index (χ0n) is 15.9. The van der Waals surface area contributed by atoms with Gasteiger partial charge in [-0.3, -0.25) is 9.20 Å². The molecule has 3 aromatic heterocycles. The number of rotatable bonds is 7. The Morgan fingerprint density at radius 3 is 2.82 bits per heavy atom. The van der Waals surface area contributed by atoms with Gasteiger partial charge in [0.25, 0.3) is 0 Å². The van der Waals surface area contributed by atoms with Crippen LogP contribution in [0, 0.1) is 6.92 Å². The minimum Gasteiger partial charge on any atom is -0.355 e. The number of benzene rings is 1. The van der Waals surface area contributed by atoms with Gasteiger partial charge < -0.3 is 5.32 Å². The van der Waals surface area contributed by atoms with E-state index in [0.717, 1.165) is 34.7 Å². The van der Waals surface area contributed by atoms with E-state index in [4.69, 9.17) is 0 Å². The summed E-state index contributed by atoms with van der Waals surface area (Å²) in [7, 11) is 0. The summed E-state index contributed by atoms with van der Waals surface area (Å²) in [6.07, 6.45) is 1.57. The number of thiophene rings is 1. The SMILES string of the molecule is CC[C@H](Sc1nnc(C)n2c1cc1sccc12)C(=O)NCCc1ccccc1. The van der Waals surface area contributed by atoms with Crippen molar-refractivity contribution in [3.8, 4) is 0 Å². The molecule has 0 radical (unpaired) electrons. The highest BCUT2D eigenvalue weighted by Gasteiger charge is 2.21. The van der Waals surface area contributed by atoms with Crippen molar-refractivity contribution >= 4 is 44.7 Å². The van der Waals surface area contributed by atoms with Crippen LogP contribution in [0.25, 0.3) is 15.7 Å². The Labute approximate surface area is 172 Å². The van der Waals surface area contributed by atoms with Gasteiger partial charge in [-0.25, -0.2) is 0 Å². The van der Waals surface area contributed by atoms with Gasteiger partial charge in [0, 0.05) is 6.54 Å². The van der Waals surface area contributed by atoms with E-state index in [0.29, 0.717) is 6.54 Å². The van der Waals surface area contributed by atoms with E-state index in [1.807, 2.05) is 32.0 Å². The Balaban J connectivity index is 1.48. The van der Waals surface area contributed by atoms with Gasteiger partial charge in [-0.05, 0) is 42.8 Å². The lowest BCUT2D eigenvalue weighted by molar-refractivity contribution is -0.120. The number of hydrogen-bond donors (Lipinski definition) is 1. The predicted octanol–water partition coefficient (Wildman–Crippen LogP) is 4.48. The number of aromatic nitrogens is 3. The number of thioether (sulfide) groups is 1. The maximum atomic E-state index is 12.7. The molecule has 1 atom stereocenters. The molecule has 0 unspecified atom stereocenters. The molecular weight excluding hydrogens is 388 g/mol. The largest absolute Gasteiger partial charge is 0.355 e. The third-order valence-electron chi connectivity index (χ3n) is 4.72. The third kappa shape index (κ3) is 3.77. The number of amides is 1. The molecule has 0 fully saturated rings. The fourth-order valence-corrected chi connectivity index (χ4v) is 5.06. The molecule has 0 aliphatic heterocycles. The fraction of sp³-hybridized carbons (Fsp3) is 0.286. The zero-order valence-corrected chi connectivity index (χ0v) is 17.5. The lowest BCUT2D eigenvalue weighted by Gasteiger charge is -2.15. The van der Waals surface area contributed by atoms with Gasteiger partial charge >= 0.3 is 0 Å². The van der Waals surface area contributed by atoms with Crippen LogP contribution in [-0.4, -0.2) is 32.3 Å². The summed E-state index contributed by atoms with van der Waals surface area (Å²) in [6.45, 7) is 4.62. The van der Waals surface area contributed by atoms with Gasteiger partial charge in [-0.2, -0.15) is 0 Å². The number of fused-ring (bicyclic) bond motifs is 3. The van der Waals surface area contributed by atoms with E-state index in [1.165, 1.54) is 22.0 Å². The second-order valence-electron chi connectivity index (χ2n) is 6.63. The molecule has 0 aliphatic carbocycles. The zero-order chi connectivity index (χ0) is 19.5. The summed E-state index contributed by atoms with van der Waals surface area (Å²) in [5.74, 6) is 0.908. The van der Waals surface area contributed by atoms with Gasteiger partial charge in [0.1, 0.15) is 10.9 Å². The highest BCUT2D eigenvalue weighted by molar-refractivity contribution is 8.00. The number of hydrogen-bond acceptors (Lipinski definition) is 5. The van der Waals surface area contributed by atoms with Crippen LogP contribution in [0.5, 0.6) is 0 Å². The molecule has 1 N–H and O–H groups in total. The Hall–Kier alpha value is -2.38. The van der Waals surface area contributed by atoms with Crippen LogP contribution >= 0.6 is 23.1 Å². The fourth-order valence-electron chi connectivity index (χ4n) is 3.27. The molecule has 0 saturated carbocycles. The number of carbonyl (C=O) groups excluding carboxylic acids is 1. The molecule has 4 aromatic rings. The summed E-state index contributed by atoms with van der Waals surface area (Å²) in [6, 6.07) is 14.4. The molecule has 4 rings (SSSR count). The highest BCUT2D eigenvalue weighted by Crippen LogP contribution is 2.33. The smallest absolute Gasteiger partial charge is 0.233 e. The van der Waals surface area contributed by atoms with Crippen molar-refractivity contribution in [3.05, 3.63) is 59.2 Å². The van der Waals surface area contributed by atoms with E-state index >= 15 is 0 Å². The van der Waals surface area contributed by atoms with Crippen LogP contribution in [0.15, 0.2) is 52.9 Å². The topological polar surface area (TPSA) is 59.3 Å². The average Bonchev–Trinajstić information content (AvgIpc) is 3.30. The monoisotopic (exact) mass is 410 g/mol. The molecule has 7 heteroatoms. The van der Waals surface area contributed by atoms with Crippen molar-refractivity contribution < 1.29 is 4.79 Å². The van der Waals surface area contributed by atoms with E-state index in [-0.39, 0.29) is 11.2 Å².